The lowest BCUT2D eigenvalue weighted by Gasteiger charge is -2.18. The summed E-state index contributed by atoms with van der Waals surface area (Å²) >= 11 is 5.62. The Balaban J connectivity index is 3.46. The maximum atomic E-state index is 12.2. The summed E-state index contributed by atoms with van der Waals surface area (Å²) in [6.07, 6.45) is 0. The van der Waals surface area contributed by atoms with Crippen LogP contribution in [0.3, 0.4) is 0 Å². The molecule has 0 aliphatic heterocycles. The number of nitriles is 1. The van der Waals surface area contributed by atoms with Crippen LogP contribution in [0.15, 0.2) is 23.1 Å². The Labute approximate surface area is 115 Å². The molecule has 0 aliphatic rings. The zero-order valence-electron chi connectivity index (χ0n) is 10.1. The second-order valence-electron chi connectivity index (χ2n) is 3.70. The van der Waals surface area contributed by atoms with E-state index in [1.54, 1.807) is 6.07 Å². The molecule has 0 heterocycles. The quantitative estimate of drug-likeness (QED) is 0.623. The summed E-state index contributed by atoms with van der Waals surface area (Å²) in [5, 5.41) is 19.7. The molecule has 0 radical (unpaired) electrons. The highest BCUT2D eigenvalue weighted by atomic mass is 35.5. The first kappa shape index (κ1) is 15.4. The third-order valence-electron chi connectivity index (χ3n) is 2.51. The summed E-state index contributed by atoms with van der Waals surface area (Å²) in [5.74, 6) is 0. The third-order valence-corrected chi connectivity index (χ3v) is 4.72. The molecule has 7 nitrogen and oxygen atoms in total. The van der Waals surface area contributed by atoms with Crippen molar-refractivity contribution in [1.82, 2.24) is 4.31 Å². The Morgan fingerprint density at radius 3 is 2.58 bits per heavy atom. The van der Waals surface area contributed by atoms with Crippen LogP contribution in [0, 0.1) is 21.4 Å². The van der Waals surface area contributed by atoms with Gasteiger partial charge in [0.1, 0.15) is 6.04 Å². The Kier molecular flexibility index (Phi) is 4.47. The van der Waals surface area contributed by atoms with Crippen molar-refractivity contribution in [2.45, 2.75) is 17.9 Å². The van der Waals surface area contributed by atoms with Crippen LogP contribution in [-0.2, 0) is 10.0 Å². The van der Waals surface area contributed by atoms with E-state index >= 15 is 0 Å². The fourth-order valence-electron chi connectivity index (χ4n) is 1.30. The number of hydrogen-bond acceptors (Lipinski definition) is 5. The van der Waals surface area contributed by atoms with Gasteiger partial charge in [0.25, 0.3) is 15.7 Å². The van der Waals surface area contributed by atoms with Gasteiger partial charge in [0, 0.05) is 18.1 Å². The predicted octanol–water partition coefficient (Wildman–Crippen LogP) is 1.78. The maximum Gasteiger partial charge on any atom is 0.290 e. The van der Waals surface area contributed by atoms with Crippen molar-refractivity contribution in [1.29, 1.82) is 5.26 Å². The minimum Gasteiger partial charge on any atom is -0.258 e. The molecule has 0 aliphatic carbocycles. The van der Waals surface area contributed by atoms with E-state index in [2.05, 4.69) is 0 Å². The van der Waals surface area contributed by atoms with Gasteiger partial charge in [-0.1, -0.05) is 11.6 Å². The van der Waals surface area contributed by atoms with Gasteiger partial charge in [-0.3, -0.25) is 10.1 Å². The van der Waals surface area contributed by atoms with E-state index in [-0.39, 0.29) is 5.02 Å². The van der Waals surface area contributed by atoms with Crippen molar-refractivity contribution in [3.05, 3.63) is 33.3 Å². The molecule has 0 aromatic heterocycles. The maximum absolute atomic E-state index is 12.2. The van der Waals surface area contributed by atoms with E-state index in [9.17, 15) is 18.5 Å². The van der Waals surface area contributed by atoms with Crippen LogP contribution < -0.4 is 0 Å². The van der Waals surface area contributed by atoms with Crippen LogP contribution in [0.5, 0.6) is 0 Å². The number of halogens is 1. The summed E-state index contributed by atoms with van der Waals surface area (Å²) in [6.45, 7) is 1.37. The van der Waals surface area contributed by atoms with Gasteiger partial charge < -0.3 is 0 Å². The second-order valence-corrected chi connectivity index (χ2v) is 6.10. The van der Waals surface area contributed by atoms with Gasteiger partial charge in [0.15, 0.2) is 4.90 Å². The highest BCUT2D eigenvalue weighted by Gasteiger charge is 2.32. The average Bonchev–Trinajstić information content (AvgIpc) is 2.36. The molecule has 19 heavy (non-hydrogen) atoms. The molecule has 0 N–H and O–H groups in total. The molecule has 0 saturated carbocycles. The smallest absolute Gasteiger partial charge is 0.258 e. The van der Waals surface area contributed by atoms with Crippen LogP contribution in [0.4, 0.5) is 5.69 Å². The van der Waals surface area contributed by atoms with Gasteiger partial charge in [0.2, 0.25) is 0 Å². The lowest BCUT2D eigenvalue weighted by atomic mass is 10.3. The molecule has 1 aromatic rings. The van der Waals surface area contributed by atoms with E-state index in [0.717, 1.165) is 16.4 Å². The van der Waals surface area contributed by atoms with Crippen LogP contribution in [0.2, 0.25) is 5.02 Å². The van der Waals surface area contributed by atoms with Gasteiger partial charge in [-0.2, -0.15) is 9.57 Å². The zero-order valence-corrected chi connectivity index (χ0v) is 11.6. The summed E-state index contributed by atoms with van der Waals surface area (Å²) in [7, 11) is -2.95. The molecule has 0 amide bonds. The largest absolute Gasteiger partial charge is 0.290 e. The van der Waals surface area contributed by atoms with Crippen molar-refractivity contribution >= 4 is 27.3 Å². The molecule has 102 valence electrons. The van der Waals surface area contributed by atoms with Crippen LogP contribution in [0.1, 0.15) is 6.92 Å². The topological polar surface area (TPSA) is 104 Å². The molecular weight excluding hydrogens is 294 g/mol. The number of rotatable bonds is 4. The van der Waals surface area contributed by atoms with Crippen molar-refractivity contribution in [2.75, 3.05) is 7.05 Å². The summed E-state index contributed by atoms with van der Waals surface area (Å²) in [6, 6.07) is 4.06. The van der Waals surface area contributed by atoms with E-state index in [4.69, 9.17) is 16.9 Å². The molecule has 1 aromatic carbocycles. The molecule has 1 unspecified atom stereocenters. The average molecular weight is 304 g/mol. The first-order chi connectivity index (χ1) is 8.71. The van der Waals surface area contributed by atoms with Gasteiger partial charge in [-0.15, -0.1) is 0 Å². The summed E-state index contributed by atoms with van der Waals surface area (Å²) < 4.78 is 25.2. The van der Waals surface area contributed by atoms with Crippen LogP contribution in [-0.4, -0.2) is 30.7 Å². The predicted molar refractivity (Wildman–Crippen MR) is 68.1 cm³/mol. The highest BCUT2D eigenvalue weighted by molar-refractivity contribution is 7.89. The fourth-order valence-corrected chi connectivity index (χ4v) is 2.87. The molecule has 0 saturated heterocycles. The molecule has 0 fully saturated rings. The Bertz CT molecular complexity index is 653. The Morgan fingerprint density at radius 2 is 2.11 bits per heavy atom. The first-order valence-corrected chi connectivity index (χ1v) is 6.85. The fraction of sp³-hybridized carbons (Fsp3) is 0.300. The van der Waals surface area contributed by atoms with Crippen LogP contribution >= 0.6 is 11.6 Å². The normalized spacial score (nSPS) is 13.0. The van der Waals surface area contributed by atoms with Crippen molar-refractivity contribution in [3.63, 3.8) is 0 Å². The Morgan fingerprint density at radius 1 is 1.53 bits per heavy atom. The summed E-state index contributed by atoms with van der Waals surface area (Å²) in [4.78, 5) is 9.56. The number of nitrogens with zero attached hydrogens (tertiary/aromatic N) is 3. The van der Waals surface area contributed by atoms with E-state index in [0.29, 0.717) is 0 Å². The Hall–Kier alpha value is -1.69. The van der Waals surface area contributed by atoms with E-state index < -0.39 is 31.6 Å². The van der Waals surface area contributed by atoms with Crippen molar-refractivity contribution in [2.24, 2.45) is 0 Å². The number of nitro benzene ring substituents is 1. The molecule has 0 spiro atoms. The SMILES string of the molecule is CC(C#N)N(C)S(=O)(=O)c1ccc(Cl)cc1[N+](=O)[O-]. The molecule has 9 heteroatoms. The minimum absolute atomic E-state index is 0.0571. The molecule has 0 bridgehead atoms. The molecule has 1 rings (SSSR count). The highest BCUT2D eigenvalue weighted by Crippen LogP contribution is 2.29. The lowest BCUT2D eigenvalue weighted by molar-refractivity contribution is -0.387. The second kappa shape index (κ2) is 5.52. The van der Waals surface area contributed by atoms with Gasteiger partial charge in [0.05, 0.1) is 11.0 Å². The number of benzene rings is 1. The van der Waals surface area contributed by atoms with Crippen molar-refractivity contribution < 1.29 is 13.3 Å². The van der Waals surface area contributed by atoms with Gasteiger partial charge in [-0.05, 0) is 19.1 Å². The zero-order chi connectivity index (χ0) is 14.8. The van der Waals surface area contributed by atoms with E-state index in [1.807, 2.05) is 0 Å². The number of sulfonamides is 1. The lowest BCUT2D eigenvalue weighted by Crippen LogP contribution is -2.34. The third kappa shape index (κ3) is 3.01. The standard InChI is InChI=1S/C10H10ClN3O4S/c1-7(6-12)13(2)19(17,18)10-4-3-8(11)5-9(10)14(15)16/h3-5,7H,1-2H3. The first-order valence-electron chi connectivity index (χ1n) is 5.03. The van der Waals surface area contributed by atoms with Gasteiger partial charge in [-0.25, -0.2) is 8.42 Å². The van der Waals surface area contributed by atoms with Crippen molar-refractivity contribution in [3.8, 4) is 6.07 Å². The number of hydrogen-bond donors (Lipinski definition) is 0. The minimum atomic E-state index is -4.13. The number of nitro groups is 1. The monoisotopic (exact) mass is 303 g/mol. The molecule has 1 atom stereocenters. The molecular formula is C10H10ClN3O4S. The summed E-state index contributed by atoms with van der Waals surface area (Å²) in [5.41, 5.74) is -0.621. The van der Waals surface area contributed by atoms with E-state index in [1.165, 1.54) is 20.0 Å². The van der Waals surface area contributed by atoms with Gasteiger partial charge >= 0.3 is 0 Å². The van der Waals surface area contributed by atoms with Crippen LogP contribution in [0.25, 0.3) is 0 Å².